The fraction of sp³-hybridized carbons (Fsp3) is 0.542. The van der Waals surface area contributed by atoms with Gasteiger partial charge >= 0.3 is 0 Å². The highest BCUT2D eigenvalue weighted by Crippen LogP contribution is 2.33. The van der Waals surface area contributed by atoms with Gasteiger partial charge in [-0.2, -0.15) is 0 Å². The molecule has 4 heterocycles. The second-order valence-corrected chi connectivity index (χ2v) is 8.80. The number of alkyl halides is 2. The lowest BCUT2D eigenvalue weighted by molar-refractivity contribution is 0.0956. The molecular weight excluding hydrogens is 428 g/mol. The average molecular weight is 460 g/mol. The number of carbonyl (C=O) groups excluding carboxylic acids is 1. The topological polar surface area (TPSA) is 81.3 Å². The molecule has 0 spiro atoms. The van der Waals surface area contributed by atoms with Crippen LogP contribution in [0.2, 0.25) is 0 Å². The Bertz CT molecular complexity index is 1050. The van der Waals surface area contributed by atoms with Crippen molar-refractivity contribution in [3.8, 4) is 0 Å². The molecule has 1 unspecified atom stereocenters. The smallest absolute Gasteiger partial charge is 0.282 e. The summed E-state index contributed by atoms with van der Waals surface area (Å²) in [6.45, 7) is 5.17. The van der Waals surface area contributed by atoms with E-state index in [1.165, 1.54) is 13.1 Å². The largest absolute Gasteiger partial charge is 0.370 e. The first kappa shape index (κ1) is 23.4. The number of amides is 1. The van der Waals surface area contributed by atoms with Gasteiger partial charge in [0.1, 0.15) is 11.4 Å². The maximum absolute atomic E-state index is 13.7. The van der Waals surface area contributed by atoms with Crippen LogP contribution in [0, 0.1) is 0 Å². The van der Waals surface area contributed by atoms with Crippen LogP contribution in [0.15, 0.2) is 29.1 Å². The standard InChI is InChI=1S/C24H31F2N5O2/c1-3-15-4-5-18(29-23(15)32)16-8-11-31(14-16)17-9-12-30(13-10-17)20-7-6-19(24(33)27-2)28-21(20)22(25)26/h4-7,16-17,22H,3,8-14H2,1-2H3,(H,27,33)(H,29,32). The van der Waals surface area contributed by atoms with Gasteiger partial charge < -0.3 is 15.2 Å². The molecule has 0 aliphatic carbocycles. The summed E-state index contributed by atoms with van der Waals surface area (Å²) >= 11 is 0. The third-order valence-electron chi connectivity index (χ3n) is 6.94. The number of nitrogens with zero attached hydrogens (tertiary/aromatic N) is 3. The Labute approximate surface area is 192 Å². The number of pyridine rings is 2. The van der Waals surface area contributed by atoms with Gasteiger partial charge in [-0.15, -0.1) is 0 Å². The molecule has 2 aromatic rings. The lowest BCUT2D eigenvalue weighted by atomic mass is 10.0. The monoisotopic (exact) mass is 459 g/mol. The Morgan fingerprint density at radius 2 is 1.94 bits per heavy atom. The number of carbonyl (C=O) groups is 1. The van der Waals surface area contributed by atoms with Crippen LogP contribution >= 0.6 is 0 Å². The van der Waals surface area contributed by atoms with Gasteiger partial charge in [0.15, 0.2) is 0 Å². The number of hydrogen-bond acceptors (Lipinski definition) is 5. The van der Waals surface area contributed by atoms with E-state index in [9.17, 15) is 18.4 Å². The highest BCUT2D eigenvalue weighted by Gasteiger charge is 2.33. The Balaban J connectivity index is 1.39. The second-order valence-electron chi connectivity index (χ2n) is 8.80. The first-order chi connectivity index (χ1) is 15.9. The van der Waals surface area contributed by atoms with Gasteiger partial charge in [0.25, 0.3) is 17.9 Å². The molecule has 33 heavy (non-hydrogen) atoms. The second kappa shape index (κ2) is 9.99. The molecule has 0 aromatic carbocycles. The maximum Gasteiger partial charge on any atom is 0.282 e. The van der Waals surface area contributed by atoms with E-state index in [0.29, 0.717) is 30.7 Å². The lowest BCUT2D eigenvalue weighted by Gasteiger charge is -2.38. The number of nitrogens with one attached hydrogen (secondary N) is 2. The molecule has 2 aliphatic heterocycles. The molecule has 2 fully saturated rings. The van der Waals surface area contributed by atoms with Crippen molar-refractivity contribution >= 4 is 11.6 Å². The Morgan fingerprint density at radius 1 is 1.18 bits per heavy atom. The highest BCUT2D eigenvalue weighted by molar-refractivity contribution is 5.92. The number of aromatic amines is 1. The number of aromatic nitrogens is 2. The predicted molar refractivity (Wildman–Crippen MR) is 123 cm³/mol. The fourth-order valence-electron chi connectivity index (χ4n) is 5.03. The molecule has 0 saturated carbocycles. The van der Waals surface area contributed by atoms with Gasteiger partial charge in [-0.3, -0.25) is 14.5 Å². The zero-order valence-electron chi connectivity index (χ0n) is 19.1. The van der Waals surface area contributed by atoms with Gasteiger partial charge in [0, 0.05) is 49.9 Å². The molecular formula is C24H31F2N5O2. The molecule has 4 rings (SSSR count). The third kappa shape index (κ3) is 4.93. The fourth-order valence-corrected chi connectivity index (χ4v) is 5.03. The zero-order chi connectivity index (χ0) is 23.5. The maximum atomic E-state index is 13.7. The third-order valence-corrected chi connectivity index (χ3v) is 6.94. The van der Waals surface area contributed by atoms with Gasteiger partial charge in [-0.25, -0.2) is 13.8 Å². The van der Waals surface area contributed by atoms with Crippen LogP contribution in [0.1, 0.15) is 66.0 Å². The van der Waals surface area contributed by atoms with Crippen molar-refractivity contribution in [2.75, 3.05) is 38.1 Å². The quantitative estimate of drug-likeness (QED) is 0.694. The van der Waals surface area contributed by atoms with E-state index in [2.05, 4.69) is 20.2 Å². The van der Waals surface area contributed by atoms with Gasteiger partial charge in [0.2, 0.25) is 0 Å². The number of aryl methyl sites for hydroxylation is 1. The SMILES string of the molecule is CCc1ccc(C2CCN(C3CCN(c4ccc(C(=O)NC)nc4C(F)F)CC3)C2)[nH]c1=O. The van der Waals surface area contributed by atoms with Crippen molar-refractivity contribution in [3.05, 3.63) is 57.3 Å². The van der Waals surface area contributed by atoms with E-state index in [0.717, 1.165) is 50.0 Å². The van der Waals surface area contributed by atoms with Crippen LogP contribution in [0.3, 0.4) is 0 Å². The number of likely N-dealkylation sites (tertiary alicyclic amines) is 1. The molecule has 7 nitrogen and oxygen atoms in total. The lowest BCUT2D eigenvalue weighted by Crippen LogP contribution is -2.44. The van der Waals surface area contributed by atoms with Gasteiger partial charge in [0.05, 0.1) is 5.69 Å². The normalized spacial score (nSPS) is 19.9. The summed E-state index contributed by atoms with van der Waals surface area (Å²) in [5.41, 5.74) is 1.88. The Kier molecular flexibility index (Phi) is 7.07. The number of hydrogen-bond donors (Lipinski definition) is 2. The van der Waals surface area contributed by atoms with Crippen LogP contribution in [0.5, 0.6) is 0 Å². The Hall–Kier alpha value is -2.81. The molecule has 178 valence electrons. The van der Waals surface area contributed by atoms with E-state index in [1.54, 1.807) is 6.07 Å². The van der Waals surface area contributed by atoms with Crippen molar-refractivity contribution in [1.29, 1.82) is 0 Å². The van der Waals surface area contributed by atoms with Crippen molar-refractivity contribution in [1.82, 2.24) is 20.2 Å². The van der Waals surface area contributed by atoms with Crippen LogP contribution in [-0.4, -0.2) is 60.0 Å². The minimum atomic E-state index is -2.75. The number of piperidine rings is 1. The number of halogens is 2. The molecule has 2 aromatic heterocycles. The van der Waals surface area contributed by atoms with Crippen LogP contribution < -0.4 is 15.8 Å². The summed E-state index contributed by atoms with van der Waals surface area (Å²) in [5.74, 6) is -0.162. The van der Waals surface area contributed by atoms with E-state index < -0.39 is 12.3 Å². The zero-order valence-corrected chi connectivity index (χ0v) is 19.1. The number of H-pyrrole nitrogens is 1. The molecule has 2 aliphatic rings. The molecule has 1 amide bonds. The van der Waals surface area contributed by atoms with E-state index in [-0.39, 0.29) is 16.9 Å². The van der Waals surface area contributed by atoms with Crippen LogP contribution in [0.25, 0.3) is 0 Å². The van der Waals surface area contributed by atoms with Crippen molar-refractivity contribution in [2.45, 2.75) is 51.0 Å². The van der Waals surface area contributed by atoms with Crippen LogP contribution in [-0.2, 0) is 6.42 Å². The van der Waals surface area contributed by atoms with E-state index in [4.69, 9.17) is 0 Å². The average Bonchev–Trinajstić information content (AvgIpc) is 3.33. The summed E-state index contributed by atoms with van der Waals surface area (Å²) in [6.07, 6.45) is 0.725. The first-order valence-electron chi connectivity index (χ1n) is 11.6. The highest BCUT2D eigenvalue weighted by atomic mass is 19.3. The minimum absolute atomic E-state index is 0.000412. The Morgan fingerprint density at radius 3 is 2.58 bits per heavy atom. The molecule has 1 atom stereocenters. The van der Waals surface area contributed by atoms with Crippen molar-refractivity contribution < 1.29 is 13.6 Å². The number of anilines is 1. The number of rotatable bonds is 6. The van der Waals surface area contributed by atoms with Crippen molar-refractivity contribution in [2.24, 2.45) is 0 Å². The summed E-state index contributed by atoms with van der Waals surface area (Å²) in [7, 11) is 1.45. The predicted octanol–water partition coefficient (Wildman–Crippen LogP) is 3.09. The summed E-state index contributed by atoms with van der Waals surface area (Å²) in [4.78, 5) is 35.4. The van der Waals surface area contributed by atoms with Crippen molar-refractivity contribution in [3.63, 3.8) is 0 Å². The first-order valence-corrected chi connectivity index (χ1v) is 11.6. The molecule has 2 saturated heterocycles. The van der Waals surface area contributed by atoms with Gasteiger partial charge in [-0.05, 0) is 50.4 Å². The van der Waals surface area contributed by atoms with Crippen LogP contribution in [0.4, 0.5) is 14.5 Å². The molecule has 2 N–H and O–H groups in total. The van der Waals surface area contributed by atoms with E-state index in [1.807, 2.05) is 24.0 Å². The summed E-state index contributed by atoms with van der Waals surface area (Å²) in [5, 5.41) is 2.42. The summed E-state index contributed by atoms with van der Waals surface area (Å²) in [6, 6.07) is 7.45. The molecule has 9 heteroatoms. The molecule has 0 bridgehead atoms. The minimum Gasteiger partial charge on any atom is -0.370 e. The molecule has 0 radical (unpaired) electrons. The van der Waals surface area contributed by atoms with E-state index >= 15 is 0 Å². The van der Waals surface area contributed by atoms with Gasteiger partial charge in [-0.1, -0.05) is 13.0 Å². The summed E-state index contributed by atoms with van der Waals surface area (Å²) < 4.78 is 27.4.